The summed E-state index contributed by atoms with van der Waals surface area (Å²) in [6.45, 7) is 8.88. The number of nitrogens with one attached hydrogen (secondary N) is 2. The molecule has 31 heavy (non-hydrogen) atoms. The third kappa shape index (κ3) is 5.02. The van der Waals surface area contributed by atoms with Crippen LogP contribution < -0.4 is 21.1 Å². The topological polar surface area (TPSA) is 105 Å². The summed E-state index contributed by atoms with van der Waals surface area (Å²) in [6.07, 6.45) is 3.23. The van der Waals surface area contributed by atoms with E-state index >= 15 is 0 Å². The molecule has 1 saturated heterocycles. The number of carbonyl (C=O) groups is 1. The van der Waals surface area contributed by atoms with Gasteiger partial charge in [-0.25, -0.2) is 4.98 Å². The van der Waals surface area contributed by atoms with E-state index in [1.165, 1.54) is 6.20 Å². The summed E-state index contributed by atoms with van der Waals surface area (Å²) in [7, 11) is 3.71. The Morgan fingerprint density at radius 2 is 1.90 bits per heavy atom. The Labute approximate surface area is 188 Å². The van der Waals surface area contributed by atoms with Crippen LogP contribution in [0.2, 0.25) is 5.02 Å². The minimum absolute atomic E-state index is 0.0136. The van der Waals surface area contributed by atoms with Gasteiger partial charge >= 0.3 is 0 Å². The first kappa shape index (κ1) is 23.1. The first-order valence-electron chi connectivity index (χ1n) is 10.2. The highest BCUT2D eigenvalue weighted by Gasteiger charge is 2.43. The second kappa shape index (κ2) is 8.51. The van der Waals surface area contributed by atoms with Gasteiger partial charge in [-0.15, -0.1) is 0 Å². The second-order valence-electron chi connectivity index (χ2n) is 9.23. The average molecular weight is 447 g/mol. The Balaban J connectivity index is 1.87. The van der Waals surface area contributed by atoms with Crippen molar-refractivity contribution in [1.29, 1.82) is 0 Å². The van der Waals surface area contributed by atoms with Crippen molar-refractivity contribution in [2.45, 2.75) is 57.7 Å². The average Bonchev–Trinajstić information content (AvgIpc) is 2.66. The monoisotopic (exact) mass is 446 g/mol. The number of rotatable bonds is 6. The molecule has 1 aromatic carbocycles. The molecule has 3 rings (SSSR count). The fourth-order valence-corrected chi connectivity index (χ4v) is 4.53. The SMILES string of the molecule is COc1ccc(Nc2ncc(C(N)=O)c(NC3CC(C)(C)N(C)C(C)(C)C3)n2)cc1Cl. The number of nitrogens with zero attached hydrogens (tertiary/aromatic N) is 3. The van der Waals surface area contributed by atoms with Crippen molar-refractivity contribution in [3.8, 4) is 5.75 Å². The van der Waals surface area contributed by atoms with Crippen LogP contribution in [0.15, 0.2) is 24.4 Å². The molecule has 8 nitrogen and oxygen atoms in total. The molecule has 0 radical (unpaired) electrons. The Morgan fingerprint density at radius 3 is 2.45 bits per heavy atom. The predicted molar refractivity (Wildman–Crippen MR) is 124 cm³/mol. The van der Waals surface area contributed by atoms with Gasteiger partial charge in [-0.05, 0) is 65.8 Å². The number of benzene rings is 1. The first-order valence-corrected chi connectivity index (χ1v) is 10.6. The van der Waals surface area contributed by atoms with Crippen molar-refractivity contribution in [1.82, 2.24) is 14.9 Å². The zero-order valence-corrected chi connectivity index (χ0v) is 19.7. The summed E-state index contributed by atoms with van der Waals surface area (Å²) in [6, 6.07) is 5.41. The van der Waals surface area contributed by atoms with E-state index in [0.717, 1.165) is 12.8 Å². The number of aromatic nitrogens is 2. The van der Waals surface area contributed by atoms with Crippen LogP contribution in [0.1, 0.15) is 50.9 Å². The highest BCUT2D eigenvalue weighted by molar-refractivity contribution is 6.32. The zero-order valence-electron chi connectivity index (χ0n) is 18.9. The number of anilines is 3. The van der Waals surface area contributed by atoms with E-state index in [2.05, 4.69) is 60.2 Å². The molecule has 1 fully saturated rings. The maximum Gasteiger partial charge on any atom is 0.254 e. The molecular formula is C22H31ClN6O2. The lowest BCUT2D eigenvalue weighted by molar-refractivity contribution is -0.00772. The molecule has 0 bridgehead atoms. The number of nitrogens with two attached hydrogens (primary N) is 1. The lowest BCUT2D eigenvalue weighted by Crippen LogP contribution is -2.61. The standard InChI is InChI=1S/C22H31ClN6O2/c1-21(2)10-14(11-22(3,4)29(21)5)26-19-15(18(24)30)12-25-20(28-19)27-13-7-8-17(31-6)16(23)9-13/h7-9,12,14H,10-11H2,1-6H3,(H2,24,30)(H2,25,26,27,28). The number of hydrogen-bond acceptors (Lipinski definition) is 7. The van der Waals surface area contributed by atoms with Crippen molar-refractivity contribution >= 4 is 35.0 Å². The van der Waals surface area contributed by atoms with E-state index in [1.54, 1.807) is 19.2 Å². The smallest absolute Gasteiger partial charge is 0.254 e. The summed E-state index contributed by atoms with van der Waals surface area (Å²) in [5.41, 5.74) is 6.51. The van der Waals surface area contributed by atoms with Crippen LogP contribution in [0, 0.1) is 0 Å². The molecule has 1 aromatic heterocycles. The number of halogens is 1. The van der Waals surface area contributed by atoms with Gasteiger partial charge in [-0.3, -0.25) is 9.69 Å². The molecule has 1 aliphatic rings. The van der Waals surface area contributed by atoms with E-state index in [-0.39, 0.29) is 22.7 Å². The van der Waals surface area contributed by atoms with E-state index in [0.29, 0.717) is 28.2 Å². The quantitative estimate of drug-likeness (QED) is 0.614. The maximum absolute atomic E-state index is 12.0. The molecular weight excluding hydrogens is 416 g/mol. The number of ether oxygens (including phenoxy) is 1. The molecule has 0 aliphatic carbocycles. The molecule has 168 valence electrons. The molecule has 0 spiro atoms. The summed E-state index contributed by atoms with van der Waals surface area (Å²) in [5.74, 6) is 0.756. The number of carbonyl (C=O) groups excluding carboxylic acids is 1. The fraction of sp³-hybridized carbons (Fsp3) is 0.500. The Morgan fingerprint density at radius 1 is 1.26 bits per heavy atom. The molecule has 4 N–H and O–H groups in total. The van der Waals surface area contributed by atoms with Gasteiger partial charge in [-0.1, -0.05) is 11.6 Å². The number of piperidine rings is 1. The van der Waals surface area contributed by atoms with Crippen LogP contribution >= 0.6 is 11.6 Å². The summed E-state index contributed by atoms with van der Waals surface area (Å²) in [4.78, 5) is 23.2. The van der Waals surface area contributed by atoms with Gasteiger partial charge < -0.3 is 21.1 Å². The van der Waals surface area contributed by atoms with Crippen molar-refractivity contribution in [2.75, 3.05) is 24.8 Å². The van der Waals surface area contributed by atoms with Gasteiger partial charge in [0.25, 0.3) is 5.91 Å². The van der Waals surface area contributed by atoms with Gasteiger partial charge in [0.2, 0.25) is 5.95 Å². The summed E-state index contributed by atoms with van der Waals surface area (Å²) in [5, 5.41) is 7.04. The van der Waals surface area contributed by atoms with E-state index in [9.17, 15) is 4.79 Å². The molecule has 0 unspecified atom stereocenters. The first-order chi connectivity index (χ1) is 14.4. The minimum Gasteiger partial charge on any atom is -0.495 e. The van der Waals surface area contributed by atoms with E-state index in [1.807, 2.05) is 6.07 Å². The number of likely N-dealkylation sites (tertiary alicyclic amines) is 1. The normalized spacial score (nSPS) is 18.4. The van der Waals surface area contributed by atoms with Crippen molar-refractivity contribution < 1.29 is 9.53 Å². The van der Waals surface area contributed by atoms with Crippen molar-refractivity contribution in [2.24, 2.45) is 5.73 Å². The third-order valence-corrected chi connectivity index (χ3v) is 6.41. The van der Waals surface area contributed by atoms with Crippen molar-refractivity contribution in [3.05, 3.63) is 35.0 Å². The highest BCUT2D eigenvalue weighted by atomic mass is 35.5. The fourth-order valence-electron chi connectivity index (χ4n) is 4.27. The number of hydrogen-bond donors (Lipinski definition) is 3. The predicted octanol–water partition coefficient (Wildman–Crippen LogP) is 4.04. The number of methoxy groups -OCH3 is 1. The molecule has 1 aliphatic heterocycles. The second-order valence-corrected chi connectivity index (χ2v) is 9.64. The third-order valence-electron chi connectivity index (χ3n) is 6.11. The van der Waals surface area contributed by atoms with Crippen LogP contribution in [0.4, 0.5) is 17.5 Å². The molecule has 0 saturated carbocycles. The van der Waals surface area contributed by atoms with Crippen LogP contribution in [0.3, 0.4) is 0 Å². The van der Waals surface area contributed by atoms with Crippen molar-refractivity contribution in [3.63, 3.8) is 0 Å². The molecule has 2 aromatic rings. The Hall–Kier alpha value is -2.58. The van der Waals surface area contributed by atoms with Crippen LogP contribution in [0.5, 0.6) is 5.75 Å². The van der Waals surface area contributed by atoms with Gasteiger partial charge in [0.05, 0.1) is 17.7 Å². The summed E-state index contributed by atoms with van der Waals surface area (Å²) < 4.78 is 5.18. The lowest BCUT2D eigenvalue weighted by Gasteiger charge is -2.53. The Bertz CT molecular complexity index is 960. The molecule has 2 heterocycles. The van der Waals surface area contributed by atoms with Gasteiger partial charge in [-0.2, -0.15) is 4.98 Å². The number of primary amides is 1. The molecule has 1 amide bonds. The minimum atomic E-state index is -0.576. The molecule has 0 atom stereocenters. The van der Waals surface area contributed by atoms with Gasteiger partial charge in [0.1, 0.15) is 11.6 Å². The van der Waals surface area contributed by atoms with Crippen LogP contribution in [0.25, 0.3) is 0 Å². The largest absolute Gasteiger partial charge is 0.495 e. The summed E-state index contributed by atoms with van der Waals surface area (Å²) >= 11 is 6.20. The van der Waals surface area contributed by atoms with Gasteiger partial charge in [0.15, 0.2) is 0 Å². The van der Waals surface area contributed by atoms with Crippen LogP contribution in [-0.2, 0) is 0 Å². The van der Waals surface area contributed by atoms with E-state index in [4.69, 9.17) is 22.1 Å². The zero-order chi connectivity index (χ0) is 23.0. The van der Waals surface area contributed by atoms with Crippen LogP contribution in [-0.4, -0.2) is 52.1 Å². The maximum atomic E-state index is 12.0. The molecule has 9 heteroatoms. The van der Waals surface area contributed by atoms with E-state index < -0.39 is 5.91 Å². The number of amides is 1. The van der Waals surface area contributed by atoms with Gasteiger partial charge in [0, 0.05) is 29.0 Å². The Kier molecular flexibility index (Phi) is 6.34. The highest BCUT2D eigenvalue weighted by Crippen LogP contribution is 2.38. The lowest BCUT2D eigenvalue weighted by atomic mass is 9.77.